The van der Waals surface area contributed by atoms with Crippen LogP contribution in [0.4, 0.5) is 19.0 Å². The number of alkyl halides is 3. The van der Waals surface area contributed by atoms with Gasteiger partial charge < -0.3 is 9.80 Å². The van der Waals surface area contributed by atoms with Gasteiger partial charge in [-0.1, -0.05) is 38.1 Å². The Hall–Kier alpha value is -3.46. The van der Waals surface area contributed by atoms with Crippen molar-refractivity contribution in [2.24, 2.45) is 0 Å². The third-order valence-corrected chi connectivity index (χ3v) is 6.46. The molecule has 182 valence electrons. The first-order chi connectivity index (χ1) is 16.7. The van der Waals surface area contributed by atoms with Crippen LogP contribution in [0.15, 0.2) is 54.7 Å². The van der Waals surface area contributed by atoms with E-state index in [1.54, 1.807) is 16.9 Å². The van der Waals surface area contributed by atoms with E-state index in [2.05, 4.69) is 47.9 Å². The van der Waals surface area contributed by atoms with Gasteiger partial charge in [-0.25, -0.2) is 14.6 Å². The van der Waals surface area contributed by atoms with E-state index in [4.69, 9.17) is 9.97 Å². The third kappa shape index (κ3) is 4.60. The van der Waals surface area contributed by atoms with Crippen molar-refractivity contribution >= 4 is 16.9 Å². The van der Waals surface area contributed by atoms with E-state index in [1.165, 1.54) is 11.6 Å². The first-order valence-electron chi connectivity index (χ1n) is 11.7. The lowest BCUT2D eigenvalue weighted by molar-refractivity contribution is -0.137. The van der Waals surface area contributed by atoms with Crippen LogP contribution in [0.3, 0.4) is 0 Å². The summed E-state index contributed by atoms with van der Waals surface area (Å²) in [4.78, 5) is 13.9. The molecular weight excluding hydrogens is 453 g/mol. The second-order valence-electron chi connectivity index (χ2n) is 9.28. The molecule has 0 atom stereocenters. The van der Waals surface area contributed by atoms with Crippen LogP contribution in [0.25, 0.3) is 28.1 Å². The van der Waals surface area contributed by atoms with Crippen LogP contribution in [0, 0.1) is 0 Å². The number of halogens is 3. The van der Waals surface area contributed by atoms with Crippen molar-refractivity contribution in [2.75, 3.05) is 38.1 Å². The van der Waals surface area contributed by atoms with Crippen LogP contribution < -0.4 is 4.90 Å². The number of aromatic nitrogens is 4. The van der Waals surface area contributed by atoms with Gasteiger partial charge in [0.25, 0.3) is 0 Å². The fourth-order valence-corrected chi connectivity index (χ4v) is 4.31. The Morgan fingerprint density at radius 3 is 2.29 bits per heavy atom. The summed E-state index contributed by atoms with van der Waals surface area (Å²) in [6, 6.07) is 13.3. The molecule has 0 amide bonds. The van der Waals surface area contributed by atoms with Crippen molar-refractivity contribution in [1.29, 1.82) is 0 Å². The van der Waals surface area contributed by atoms with Gasteiger partial charge in [0.15, 0.2) is 11.5 Å². The molecule has 0 saturated carbocycles. The minimum absolute atomic E-state index is 0.248. The Kier molecular flexibility index (Phi) is 5.96. The van der Waals surface area contributed by atoms with Crippen LogP contribution in [0.2, 0.25) is 0 Å². The monoisotopic (exact) mass is 480 g/mol. The Morgan fingerprint density at radius 1 is 0.914 bits per heavy atom. The molecule has 1 aliphatic heterocycles. The molecule has 0 aliphatic carbocycles. The van der Waals surface area contributed by atoms with E-state index in [-0.39, 0.29) is 5.82 Å². The molecule has 2 aromatic heterocycles. The zero-order valence-corrected chi connectivity index (χ0v) is 19.9. The summed E-state index contributed by atoms with van der Waals surface area (Å²) in [5.74, 6) is 1.34. The van der Waals surface area contributed by atoms with Gasteiger partial charge in [-0.15, -0.1) is 0 Å². The molecule has 5 rings (SSSR count). The summed E-state index contributed by atoms with van der Waals surface area (Å²) < 4.78 is 41.9. The second kappa shape index (κ2) is 8.96. The van der Waals surface area contributed by atoms with Crippen LogP contribution in [-0.4, -0.2) is 57.9 Å². The summed E-state index contributed by atoms with van der Waals surface area (Å²) in [5, 5.41) is 5.38. The standard InChI is InChI=1S/C26H27F3N6/c1-17(2)18-7-9-21(10-8-18)35-25-22(16-30-35)24(34-13-11-33(3)12-14-34)31-23(32-25)19-5-4-6-20(15-19)26(27,28)29/h4-10,15-17H,11-14H2,1-3H3. The number of nitrogens with zero attached hydrogens (tertiary/aromatic N) is 6. The van der Waals surface area contributed by atoms with Gasteiger partial charge in [0.05, 0.1) is 22.8 Å². The van der Waals surface area contributed by atoms with Crippen molar-refractivity contribution in [3.05, 3.63) is 65.9 Å². The predicted molar refractivity (Wildman–Crippen MR) is 131 cm³/mol. The summed E-state index contributed by atoms with van der Waals surface area (Å²) >= 11 is 0. The average Bonchev–Trinajstić information content (AvgIpc) is 3.28. The van der Waals surface area contributed by atoms with Crippen LogP contribution in [0.1, 0.15) is 30.9 Å². The maximum atomic E-state index is 13.4. The number of anilines is 1. The Labute approximate surface area is 202 Å². The molecule has 0 unspecified atom stereocenters. The smallest absolute Gasteiger partial charge is 0.353 e. The number of piperazine rings is 1. The van der Waals surface area contributed by atoms with E-state index < -0.39 is 11.7 Å². The summed E-state index contributed by atoms with van der Waals surface area (Å²) in [7, 11) is 2.07. The number of hydrogen-bond donors (Lipinski definition) is 0. The Balaban J connectivity index is 1.67. The molecule has 9 heteroatoms. The minimum Gasteiger partial charge on any atom is -0.353 e. The maximum Gasteiger partial charge on any atom is 0.416 e. The predicted octanol–water partition coefficient (Wildman–Crippen LogP) is 5.38. The molecule has 1 saturated heterocycles. The summed E-state index contributed by atoms with van der Waals surface area (Å²) in [5.41, 5.74) is 2.21. The minimum atomic E-state index is -4.44. The highest BCUT2D eigenvalue weighted by Crippen LogP contribution is 2.34. The fourth-order valence-electron chi connectivity index (χ4n) is 4.31. The second-order valence-corrected chi connectivity index (χ2v) is 9.28. The van der Waals surface area contributed by atoms with E-state index >= 15 is 0 Å². The molecule has 1 fully saturated rings. The Bertz CT molecular complexity index is 1340. The summed E-state index contributed by atoms with van der Waals surface area (Å²) in [6.45, 7) is 7.53. The maximum absolute atomic E-state index is 13.4. The molecule has 0 bridgehead atoms. The van der Waals surface area contributed by atoms with E-state index in [0.29, 0.717) is 22.9 Å². The quantitative estimate of drug-likeness (QED) is 0.393. The van der Waals surface area contributed by atoms with Crippen molar-refractivity contribution < 1.29 is 13.2 Å². The topological polar surface area (TPSA) is 50.1 Å². The first kappa shape index (κ1) is 23.3. The molecule has 3 heterocycles. The first-order valence-corrected chi connectivity index (χ1v) is 11.7. The largest absolute Gasteiger partial charge is 0.416 e. The van der Waals surface area contributed by atoms with Crippen LogP contribution in [0.5, 0.6) is 0 Å². The lowest BCUT2D eigenvalue weighted by atomic mass is 10.0. The third-order valence-electron chi connectivity index (χ3n) is 6.46. The van der Waals surface area contributed by atoms with Crippen LogP contribution >= 0.6 is 0 Å². The van der Waals surface area contributed by atoms with Crippen LogP contribution in [-0.2, 0) is 6.18 Å². The molecule has 0 radical (unpaired) electrons. The van der Waals surface area contributed by atoms with Gasteiger partial charge in [-0.3, -0.25) is 0 Å². The molecule has 35 heavy (non-hydrogen) atoms. The number of rotatable bonds is 4. The number of benzene rings is 2. The van der Waals surface area contributed by atoms with E-state index in [0.717, 1.165) is 49.4 Å². The molecular formula is C26H27F3N6. The zero-order chi connectivity index (χ0) is 24.7. The van der Waals surface area contributed by atoms with Gasteiger partial charge in [-0.05, 0) is 42.8 Å². The molecule has 0 spiro atoms. The number of likely N-dealkylation sites (N-methyl/N-ethyl adjacent to an activating group) is 1. The van der Waals surface area contributed by atoms with Gasteiger partial charge in [0.1, 0.15) is 5.82 Å². The number of fused-ring (bicyclic) bond motifs is 1. The lowest BCUT2D eigenvalue weighted by Gasteiger charge is -2.33. The lowest BCUT2D eigenvalue weighted by Crippen LogP contribution is -2.45. The van der Waals surface area contributed by atoms with Gasteiger partial charge in [-0.2, -0.15) is 18.3 Å². The average molecular weight is 481 g/mol. The highest BCUT2D eigenvalue weighted by molar-refractivity contribution is 5.89. The molecule has 1 aliphatic rings. The highest BCUT2D eigenvalue weighted by Gasteiger charge is 2.31. The molecule has 2 aromatic carbocycles. The molecule has 0 N–H and O–H groups in total. The fraction of sp³-hybridized carbons (Fsp3) is 0.346. The SMILES string of the molecule is CC(C)c1ccc(-n2ncc3c(N4CCN(C)CC4)nc(-c4cccc(C(F)(F)F)c4)nc32)cc1. The Morgan fingerprint density at radius 2 is 1.63 bits per heavy atom. The zero-order valence-electron chi connectivity index (χ0n) is 19.9. The van der Waals surface area contributed by atoms with Gasteiger partial charge in [0, 0.05) is 31.7 Å². The summed E-state index contributed by atoms with van der Waals surface area (Å²) in [6.07, 6.45) is -2.70. The van der Waals surface area contributed by atoms with E-state index in [9.17, 15) is 13.2 Å². The highest BCUT2D eigenvalue weighted by atomic mass is 19.4. The van der Waals surface area contributed by atoms with Crippen molar-refractivity contribution in [3.8, 4) is 17.1 Å². The van der Waals surface area contributed by atoms with Crippen molar-refractivity contribution in [2.45, 2.75) is 25.9 Å². The van der Waals surface area contributed by atoms with Crippen molar-refractivity contribution in [3.63, 3.8) is 0 Å². The normalized spacial score (nSPS) is 15.3. The number of hydrogen-bond acceptors (Lipinski definition) is 5. The van der Waals surface area contributed by atoms with Gasteiger partial charge >= 0.3 is 6.18 Å². The van der Waals surface area contributed by atoms with Gasteiger partial charge in [0.2, 0.25) is 0 Å². The van der Waals surface area contributed by atoms with Crippen molar-refractivity contribution in [1.82, 2.24) is 24.6 Å². The molecule has 6 nitrogen and oxygen atoms in total. The van der Waals surface area contributed by atoms with E-state index in [1.807, 2.05) is 12.1 Å². The molecule has 4 aromatic rings.